The van der Waals surface area contributed by atoms with Crippen molar-refractivity contribution < 1.29 is 14.6 Å². The summed E-state index contributed by atoms with van der Waals surface area (Å²) >= 11 is 0. The lowest BCUT2D eigenvalue weighted by Crippen LogP contribution is -2.43. The van der Waals surface area contributed by atoms with Crippen LogP contribution in [-0.4, -0.2) is 35.4 Å². The normalized spacial score (nSPS) is 15.8. The van der Waals surface area contributed by atoms with Crippen LogP contribution in [0.2, 0.25) is 0 Å². The molecule has 1 amide bonds. The van der Waals surface area contributed by atoms with Crippen LogP contribution >= 0.6 is 0 Å². The van der Waals surface area contributed by atoms with E-state index in [4.69, 9.17) is 4.74 Å². The zero-order valence-electron chi connectivity index (χ0n) is 12.0. The summed E-state index contributed by atoms with van der Waals surface area (Å²) in [7, 11) is 0. The Balaban J connectivity index is 3.91. The molecule has 0 aromatic heterocycles. The van der Waals surface area contributed by atoms with Gasteiger partial charge in [-0.15, -0.1) is 0 Å². The zero-order valence-corrected chi connectivity index (χ0v) is 12.0. The van der Waals surface area contributed by atoms with Gasteiger partial charge in [-0.25, -0.2) is 0 Å². The van der Waals surface area contributed by atoms with E-state index in [1.54, 1.807) is 6.92 Å². The second-order valence-corrected chi connectivity index (χ2v) is 6.27. The van der Waals surface area contributed by atoms with Crippen LogP contribution in [-0.2, 0) is 9.53 Å². The second-order valence-electron chi connectivity index (χ2n) is 6.27. The van der Waals surface area contributed by atoms with E-state index in [1.807, 2.05) is 34.6 Å². The first-order valence-electron chi connectivity index (χ1n) is 6.15. The molecule has 0 heterocycles. The highest BCUT2D eigenvalue weighted by molar-refractivity contribution is 5.77. The fourth-order valence-corrected chi connectivity index (χ4v) is 1.57. The van der Waals surface area contributed by atoms with Crippen LogP contribution in [0.15, 0.2) is 0 Å². The Morgan fingerprint density at radius 3 is 2.24 bits per heavy atom. The number of carbonyl (C=O) groups is 1. The number of hydrogen-bond acceptors (Lipinski definition) is 3. The predicted octanol–water partition coefficient (Wildman–Crippen LogP) is 1.71. The van der Waals surface area contributed by atoms with Crippen LogP contribution in [0.5, 0.6) is 0 Å². The minimum absolute atomic E-state index is 0.0290. The summed E-state index contributed by atoms with van der Waals surface area (Å²) < 4.78 is 5.34. The Labute approximate surface area is 105 Å². The van der Waals surface area contributed by atoms with Gasteiger partial charge in [0.05, 0.1) is 11.2 Å². The quantitative estimate of drug-likeness (QED) is 0.749. The minimum atomic E-state index is -0.856. The van der Waals surface area contributed by atoms with Crippen molar-refractivity contribution >= 4 is 5.91 Å². The van der Waals surface area contributed by atoms with E-state index in [2.05, 4.69) is 5.32 Å². The summed E-state index contributed by atoms with van der Waals surface area (Å²) in [5, 5.41) is 12.7. The molecule has 0 saturated heterocycles. The highest BCUT2D eigenvalue weighted by Gasteiger charge is 2.22. The van der Waals surface area contributed by atoms with E-state index in [0.717, 1.165) is 0 Å². The average Bonchev–Trinajstić information content (AvgIpc) is 2.08. The van der Waals surface area contributed by atoms with Crippen molar-refractivity contribution in [2.75, 3.05) is 13.2 Å². The van der Waals surface area contributed by atoms with Crippen LogP contribution in [0.4, 0.5) is 0 Å². The summed E-state index contributed by atoms with van der Waals surface area (Å²) in [5.41, 5.74) is -1.18. The molecule has 0 aliphatic rings. The van der Waals surface area contributed by atoms with Crippen LogP contribution in [0.25, 0.3) is 0 Å². The van der Waals surface area contributed by atoms with Gasteiger partial charge in [0.25, 0.3) is 0 Å². The zero-order chi connectivity index (χ0) is 13.7. The third-order valence-corrected chi connectivity index (χ3v) is 2.15. The van der Waals surface area contributed by atoms with E-state index in [1.165, 1.54) is 0 Å². The fourth-order valence-electron chi connectivity index (χ4n) is 1.57. The molecule has 0 saturated carbocycles. The van der Waals surface area contributed by atoms with E-state index in [0.29, 0.717) is 12.3 Å². The van der Waals surface area contributed by atoms with Crippen molar-refractivity contribution in [3.63, 3.8) is 0 Å². The van der Waals surface area contributed by atoms with Gasteiger partial charge in [-0.2, -0.15) is 0 Å². The third kappa shape index (κ3) is 10.3. The molecular weight excluding hydrogens is 218 g/mol. The van der Waals surface area contributed by atoms with Crippen molar-refractivity contribution in [1.29, 1.82) is 0 Å². The first kappa shape index (κ1) is 16.4. The second kappa shape index (κ2) is 6.36. The van der Waals surface area contributed by atoms with Gasteiger partial charge in [0.15, 0.2) is 0 Å². The van der Waals surface area contributed by atoms with E-state index >= 15 is 0 Å². The summed E-state index contributed by atoms with van der Waals surface area (Å²) in [6.07, 6.45) is 0.660. The van der Waals surface area contributed by atoms with Gasteiger partial charge in [0.2, 0.25) is 5.91 Å². The van der Waals surface area contributed by atoms with Crippen molar-refractivity contribution in [1.82, 2.24) is 5.32 Å². The van der Waals surface area contributed by atoms with E-state index < -0.39 is 5.60 Å². The van der Waals surface area contributed by atoms with Crippen LogP contribution in [0.3, 0.4) is 0 Å². The first-order chi connectivity index (χ1) is 7.52. The number of nitrogens with one attached hydrogen (secondary N) is 1. The number of amides is 1. The van der Waals surface area contributed by atoms with Crippen molar-refractivity contribution in [2.24, 2.45) is 5.92 Å². The standard InChI is InChI=1S/C13H27NO3/c1-10(2)7-13(6,16)9-14-11(15)8-17-12(3,4)5/h10,16H,7-9H2,1-6H3,(H,14,15). The molecule has 1 unspecified atom stereocenters. The number of carbonyl (C=O) groups excluding carboxylic acids is 1. The number of hydrogen-bond donors (Lipinski definition) is 2. The molecular formula is C13H27NO3. The van der Waals surface area contributed by atoms with Gasteiger partial charge in [0, 0.05) is 6.54 Å². The molecule has 0 aliphatic heterocycles. The summed E-state index contributed by atoms with van der Waals surface area (Å²) in [5.74, 6) is 0.205. The fraction of sp³-hybridized carbons (Fsp3) is 0.923. The van der Waals surface area contributed by atoms with E-state index in [-0.39, 0.29) is 24.7 Å². The van der Waals surface area contributed by atoms with Crippen LogP contribution in [0, 0.1) is 5.92 Å². The smallest absolute Gasteiger partial charge is 0.246 e. The van der Waals surface area contributed by atoms with Crippen LogP contribution in [0.1, 0.15) is 48.0 Å². The molecule has 2 N–H and O–H groups in total. The molecule has 4 heteroatoms. The molecule has 0 aromatic carbocycles. The van der Waals surface area contributed by atoms with Gasteiger partial charge < -0.3 is 15.2 Å². The summed E-state index contributed by atoms with van der Waals surface area (Å²) in [6.45, 7) is 11.8. The third-order valence-electron chi connectivity index (χ3n) is 2.15. The largest absolute Gasteiger partial charge is 0.388 e. The highest BCUT2D eigenvalue weighted by atomic mass is 16.5. The molecule has 102 valence electrons. The summed E-state index contributed by atoms with van der Waals surface area (Å²) in [6, 6.07) is 0. The monoisotopic (exact) mass is 245 g/mol. The lowest BCUT2D eigenvalue weighted by molar-refractivity contribution is -0.131. The lowest BCUT2D eigenvalue weighted by atomic mass is 9.94. The lowest BCUT2D eigenvalue weighted by Gasteiger charge is -2.26. The Morgan fingerprint density at radius 1 is 1.29 bits per heavy atom. The molecule has 1 atom stereocenters. The maximum absolute atomic E-state index is 11.5. The van der Waals surface area contributed by atoms with E-state index in [9.17, 15) is 9.90 Å². The highest BCUT2D eigenvalue weighted by Crippen LogP contribution is 2.15. The minimum Gasteiger partial charge on any atom is -0.388 e. The Hall–Kier alpha value is -0.610. The van der Waals surface area contributed by atoms with Crippen molar-refractivity contribution in [2.45, 2.75) is 59.2 Å². The van der Waals surface area contributed by atoms with Gasteiger partial charge in [-0.1, -0.05) is 13.8 Å². The maximum atomic E-state index is 11.5. The van der Waals surface area contributed by atoms with Gasteiger partial charge in [0.1, 0.15) is 6.61 Å². The summed E-state index contributed by atoms with van der Waals surface area (Å²) in [4.78, 5) is 11.5. The van der Waals surface area contributed by atoms with Crippen molar-refractivity contribution in [3.8, 4) is 0 Å². The van der Waals surface area contributed by atoms with Gasteiger partial charge in [-0.05, 0) is 40.0 Å². The molecule has 0 fully saturated rings. The Kier molecular flexibility index (Phi) is 6.13. The molecule has 0 aromatic rings. The number of ether oxygens (including phenoxy) is 1. The molecule has 0 spiro atoms. The van der Waals surface area contributed by atoms with Gasteiger partial charge >= 0.3 is 0 Å². The maximum Gasteiger partial charge on any atom is 0.246 e. The first-order valence-corrected chi connectivity index (χ1v) is 6.15. The Bertz CT molecular complexity index is 242. The molecule has 0 radical (unpaired) electrons. The predicted molar refractivity (Wildman–Crippen MR) is 68.8 cm³/mol. The molecule has 4 nitrogen and oxygen atoms in total. The molecule has 17 heavy (non-hydrogen) atoms. The van der Waals surface area contributed by atoms with Crippen LogP contribution < -0.4 is 5.32 Å². The molecule has 0 bridgehead atoms. The van der Waals surface area contributed by atoms with Crippen molar-refractivity contribution in [3.05, 3.63) is 0 Å². The molecule has 0 aliphatic carbocycles. The molecule has 0 rings (SSSR count). The Morgan fingerprint density at radius 2 is 1.82 bits per heavy atom. The van der Waals surface area contributed by atoms with Gasteiger partial charge in [-0.3, -0.25) is 4.79 Å². The SMILES string of the molecule is CC(C)CC(C)(O)CNC(=O)COC(C)(C)C. The number of aliphatic hydroxyl groups is 1. The average molecular weight is 245 g/mol. The number of rotatable bonds is 6. The topological polar surface area (TPSA) is 58.6 Å².